The molecule has 8 nitrogen and oxygen atoms in total. The summed E-state index contributed by atoms with van der Waals surface area (Å²) >= 11 is 0. The molecular formula is C25H30N4O4. The maximum Gasteiger partial charge on any atom is 0.252 e. The van der Waals surface area contributed by atoms with Gasteiger partial charge in [-0.1, -0.05) is 18.2 Å². The highest BCUT2D eigenvalue weighted by atomic mass is 16.5. The Balaban J connectivity index is 1.60. The van der Waals surface area contributed by atoms with Crippen molar-refractivity contribution < 1.29 is 19.0 Å². The molecule has 0 radical (unpaired) electrons. The molecule has 2 aromatic carbocycles. The average molecular weight is 451 g/mol. The molecule has 0 aliphatic carbocycles. The summed E-state index contributed by atoms with van der Waals surface area (Å²) in [6.07, 6.45) is 2.40. The van der Waals surface area contributed by atoms with Crippen molar-refractivity contribution in [1.82, 2.24) is 9.88 Å². The summed E-state index contributed by atoms with van der Waals surface area (Å²) in [5.74, 6) is 0.640. The summed E-state index contributed by atoms with van der Waals surface area (Å²) < 4.78 is 17.0. The predicted molar refractivity (Wildman–Crippen MR) is 129 cm³/mol. The Kier molecular flexibility index (Phi) is 7.26. The van der Waals surface area contributed by atoms with Crippen LogP contribution in [0.2, 0.25) is 0 Å². The molecule has 174 valence electrons. The molecule has 1 saturated heterocycles. The highest BCUT2D eigenvalue weighted by Crippen LogP contribution is 2.37. The first kappa shape index (κ1) is 22.8. The molecule has 0 atom stereocenters. The summed E-state index contributed by atoms with van der Waals surface area (Å²) in [6, 6.07) is 11.5. The first-order valence-electron chi connectivity index (χ1n) is 11.1. The van der Waals surface area contributed by atoms with Crippen LogP contribution < -0.4 is 20.5 Å². The predicted octanol–water partition coefficient (Wildman–Crippen LogP) is 3.50. The molecule has 0 spiro atoms. The number of hydrogen-bond acceptors (Lipinski definition) is 7. The van der Waals surface area contributed by atoms with E-state index in [0.717, 1.165) is 55.9 Å². The Morgan fingerprint density at radius 2 is 2.00 bits per heavy atom. The van der Waals surface area contributed by atoms with Gasteiger partial charge in [0.2, 0.25) is 0 Å². The van der Waals surface area contributed by atoms with E-state index in [4.69, 9.17) is 19.9 Å². The quantitative estimate of drug-likeness (QED) is 0.482. The van der Waals surface area contributed by atoms with E-state index in [1.54, 1.807) is 7.11 Å². The zero-order valence-electron chi connectivity index (χ0n) is 19.1. The van der Waals surface area contributed by atoms with Crippen molar-refractivity contribution in [3.8, 4) is 11.5 Å². The van der Waals surface area contributed by atoms with Crippen molar-refractivity contribution in [2.24, 2.45) is 5.73 Å². The maximum atomic E-state index is 12.1. The molecule has 4 rings (SSSR count). The van der Waals surface area contributed by atoms with Crippen LogP contribution in [0.4, 0.5) is 11.4 Å². The van der Waals surface area contributed by atoms with Crippen molar-refractivity contribution in [2.45, 2.75) is 13.3 Å². The van der Waals surface area contributed by atoms with Crippen LogP contribution in [0.1, 0.15) is 22.3 Å². The number of primary amides is 1. The zero-order valence-corrected chi connectivity index (χ0v) is 19.1. The smallest absolute Gasteiger partial charge is 0.252 e. The number of pyridine rings is 1. The molecular weight excluding hydrogens is 420 g/mol. The summed E-state index contributed by atoms with van der Waals surface area (Å²) in [5.41, 5.74) is 9.17. The fourth-order valence-corrected chi connectivity index (χ4v) is 3.94. The number of fused-ring (bicyclic) bond motifs is 1. The lowest BCUT2D eigenvalue weighted by molar-refractivity contribution is 0.0357. The van der Waals surface area contributed by atoms with Crippen LogP contribution in [0.15, 0.2) is 42.6 Å². The van der Waals surface area contributed by atoms with Crippen molar-refractivity contribution in [3.63, 3.8) is 0 Å². The first-order chi connectivity index (χ1) is 16.1. The van der Waals surface area contributed by atoms with Crippen LogP contribution in [0.3, 0.4) is 0 Å². The van der Waals surface area contributed by atoms with Gasteiger partial charge in [0.1, 0.15) is 0 Å². The van der Waals surface area contributed by atoms with Crippen molar-refractivity contribution >= 4 is 28.2 Å². The monoisotopic (exact) mass is 450 g/mol. The van der Waals surface area contributed by atoms with E-state index >= 15 is 0 Å². The van der Waals surface area contributed by atoms with Gasteiger partial charge in [0, 0.05) is 43.0 Å². The molecule has 1 aliphatic heterocycles. The molecule has 8 heteroatoms. The van der Waals surface area contributed by atoms with Crippen molar-refractivity contribution in [2.75, 3.05) is 51.9 Å². The lowest BCUT2D eigenvalue weighted by Gasteiger charge is -2.26. The van der Waals surface area contributed by atoms with Gasteiger partial charge in [-0.05, 0) is 31.0 Å². The van der Waals surface area contributed by atoms with E-state index in [9.17, 15) is 4.79 Å². The summed E-state index contributed by atoms with van der Waals surface area (Å²) in [5, 5.41) is 4.10. The van der Waals surface area contributed by atoms with Crippen LogP contribution in [0, 0.1) is 6.92 Å². The third kappa shape index (κ3) is 5.35. The Morgan fingerprint density at radius 3 is 2.73 bits per heavy atom. The topological polar surface area (TPSA) is 98.9 Å². The molecule has 0 bridgehead atoms. The van der Waals surface area contributed by atoms with E-state index in [0.29, 0.717) is 34.9 Å². The van der Waals surface area contributed by atoms with Gasteiger partial charge >= 0.3 is 0 Å². The number of rotatable bonds is 9. The van der Waals surface area contributed by atoms with Gasteiger partial charge in [0.15, 0.2) is 11.5 Å². The Bertz CT molecular complexity index is 1130. The number of para-hydroxylation sites is 1. The Morgan fingerprint density at radius 1 is 1.21 bits per heavy atom. The maximum absolute atomic E-state index is 12.1. The second-order valence-corrected chi connectivity index (χ2v) is 8.03. The SMILES string of the molecule is COc1cc2c(Nc3ccccc3C)c(C(N)=O)cnc2cc1OCCCN1CCOCC1. The lowest BCUT2D eigenvalue weighted by Crippen LogP contribution is -2.37. The second kappa shape index (κ2) is 10.5. The number of aromatic nitrogens is 1. The number of morpholine rings is 1. The highest BCUT2D eigenvalue weighted by Gasteiger charge is 2.18. The third-order valence-corrected chi connectivity index (χ3v) is 5.80. The van der Waals surface area contributed by atoms with Crippen LogP contribution >= 0.6 is 0 Å². The number of aryl methyl sites for hydroxylation is 1. The molecule has 1 aromatic heterocycles. The number of nitrogens with zero attached hydrogens (tertiary/aromatic N) is 2. The van der Waals surface area contributed by atoms with E-state index in [2.05, 4.69) is 15.2 Å². The molecule has 0 saturated carbocycles. The third-order valence-electron chi connectivity index (χ3n) is 5.80. The van der Waals surface area contributed by atoms with Gasteiger partial charge in [-0.25, -0.2) is 0 Å². The van der Waals surface area contributed by atoms with Gasteiger partial charge in [-0.15, -0.1) is 0 Å². The number of carbonyl (C=O) groups excluding carboxylic acids is 1. The van der Waals surface area contributed by atoms with Gasteiger partial charge in [-0.3, -0.25) is 14.7 Å². The van der Waals surface area contributed by atoms with E-state index in [1.165, 1.54) is 6.20 Å². The van der Waals surface area contributed by atoms with Crippen molar-refractivity contribution in [3.05, 3.63) is 53.7 Å². The number of hydrogen-bond donors (Lipinski definition) is 2. The normalized spacial score (nSPS) is 14.2. The number of nitrogens with one attached hydrogen (secondary N) is 1. The number of carbonyl (C=O) groups is 1. The number of methoxy groups -OCH3 is 1. The fraction of sp³-hybridized carbons (Fsp3) is 0.360. The minimum Gasteiger partial charge on any atom is -0.493 e. The Labute approximate surface area is 193 Å². The van der Waals surface area contributed by atoms with E-state index < -0.39 is 5.91 Å². The average Bonchev–Trinajstić information content (AvgIpc) is 2.83. The molecule has 1 fully saturated rings. The Hall–Kier alpha value is -3.36. The minimum absolute atomic E-state index is 0.312. The van der Waals surface area contributed by atoms with Gasteiger partial charge < -0.3 is 25.3 Å². The van der Waals surface area contributed by atoms with Gasteiger partial charge in [0.05, 0.1) is 43.7 Å². The highest BCUT2D eigenvalue weighted by molar-refractivity contribution is 6.08. The molecule has 33 heavy (non-hydrogen) atoms. The molecule has 1 amide bonds. The van der Waals surface area contributed by atoms with E-state index in [1.807, 2.05) is 43.3 Å². The largest absolute Gasteiger partial charge is 0.493 e. The van der Waals surface area contributed by atoms with E-state index in [-0.39, 0.29) is 0 Å². The molecule has 0 unspecified atom stereocenters. The molecule has 3 N–H and O–H groups in total. The number of amides is 1. The number of ether oxygens (including phenoxy) is 3. The zero-order chi connectivity index (χ0) is 23.2. The lowest BCUT2D eigenvalue weighted by atomic mass is 10.1. The molecule has 1 aliphatic rings. The summed E-state index contributed by atoms with van der Waals surface area (Å²) in [6.45, 7) is 7.02. The molecule has 2 heterocycles. The number of nitrogens with two attached hydrogens (primary N) is 1. The summed E-state index contributed by atoms with van der Waals surface area (Å²) in [4.78, 5) is 19.0. The first-order valence-corrected chi connectivity index (χ1v) is 11.1. The fourth-order valence-electron chi connectivity index (χ4n) is 3.94. The molecule has 3 aromatic rings. The standard InChI is InChI=1S/C25H30N4O4/c1-17-6-3-4-7-20(17)28-24-18-14-22(31-2)23(15-21(18)27-16-19(24)25(26)30)33-11-5-8-29-9-12-32-13-10-29/h3-4,6-7,14-16H,5,8-13H2,1-2H3,(H2,26,30)(H,27,28). The minimum atomic E-state index is -0.553. The summed E-state index contributed by atoms with van der Waals surface area (Å²) in [7, 11) is 1.60. The van der Waals surface area contributed by atoms with Crippen LogP contribution in [0.25, 0.3) is 10.9 Å². The van der Waals surface area contributed by atoms with Crippen LogP contribution in [-0.2, 0) is 4.74 Å². The van der Waals surface area contributed by atoms with Gasteiger partial charge in [0.25, 0.3) is 5.91 Å². The van der Waals surface area contributed by atoms with Crippen LogP contribution in [-0.4, -0.2) is 62.4 Å². The second-order valence-electron chi connectivity index (χ2n) is 8.03. The van der Waals surface area contributed by atoms with Crippen LogP contribution in [0.5, 0.6) is 11.5 Å². The van der Waals surface area contributed by atoms with Gasteiger partial charge in [-0.2, -0.15) is 0 Å². The number of benzene rings is 2. The van der Waals surface area contributed by atoms with Crippen molar-refractivity contribution in [1.29, 1.82) is 0 Å². The number of anilines is 2.